The summed E-state index contributed by atoms with van der Waals surface area (Å²) in [4.78, 5) is 50.7. The van der Waals surface area contributed by atoms with E-state index in [1.165, 1.54) is 4.90 Å². The number of ether oxygens (including phenoxy) is 2. The van der Waals surface area contributed by atoms with Crippen molar-refractivity contribution in [2.75, 3.05) is 19.7 Å². The number of alkyl carbamates (subject to hydrolysis) is 1. The molecule has 1 N–H and O–H groups in total. The Bertz CT molecular complexity index is 609. The standard InChI is InChI=1S/C21H36N2O6/c1-7-21(5,6)16(24)17(25)23-13-9-8-11-15(23)18(26)28-14-10-12-22-19(27)29-20(2,3)4/h15H,7-14H2,1-6H3,(H,22,27)/t15-/m0/s1. The van der Waals surface area contributed by atoms with E-state index in [-0.39, 0.29) is 6.61 Å². The monoisotopic (exact) mass is 412 g/mol. The molecule has 0 aromatic heterocycles. The van der Waals surface area contributed by atoms with Gasteiger partial charge in [0, 0.05) is 18.5 Å². The predicted octanol–water partition coefficient (Wildman–Crippen LogP) is 2.83. The van der Waals surface area contributed by atoms with Gasteiger partial charge in [-0.2, -0.15) is 0 Å². The number of carbonyl (C=O) groups is 4. The summed E-state index contributed by atoms with van der Waals surface area (Å²) in [6.07, 6.45) is 2.49. The minimum Gasteiger partial charge on any atom is -0.464 e. The first-order valence-electron chi connectivity index (χ1n) is 10.4. The van der Waals surface area contributed by atoms with E-state index in [4.69, 9.17) is 9.47 Å². The summed E-state index contributed by atoms with van der Waals surface area (Å²) in [5.41, 5.74) is -1.33. The van der Waals surface area contributed by atoms with Crippen LogP contribution in [0.2, 0.25) is 0 Å². The number of ketones is 1. The lowest BCUT2D eigenvalue weighted by molar-refractivity contribution is -0.161. The molecule has 8 nitrogen and oxygen atoms in total. The summed E-state index contributed by atoms with van der Waals surface area (Å²) in [5, 5.41) is 2.60. The van der Waals surface area contributed by atoms with Gasteiger partial charge >= 0.3 is 12.1 Å². The smallest absolute Gasteiger partial charge is 0.407 e. The van der Waals surface area contributed by atoms with Crippen LogP contribution >= 0.6 is 0 Å². The molecule has 1 rings (SSSR count). The van der Waals surface area contributed by atoms with Crippen molar-refractivity contribution in [3.8, 4) is 0 Å². The van der Waals surface area contributed by atoms with Crippen LogP contribution in [0.25, 0.3) is 0 Å². The minimum atomic E-state index is -0.754. The van der Waals surface area contributed by atoms with Gasteiger partial charge in [-0.3, -0.25) is 9.59 Å². The van der Waals surface area contributed by atoms with E-state index in [0.29, 0.717) is 32.4 Å². The predicted molar refractivity (Wildman–Crippen MR) is 108 cm³/mol. The molecule has 0 unspecified atom stereocenters. The van der Waals surface area contributed by atoms with Crippen molar-refractivity contribution in [1.29, 1.82) is 0 Å². The van der Waals surface area contributed by atoms with Crippen LogP contribution in [-0.4, -0.2) is 60.0 Å². The second-order valence-electron chi connectivity index (χ2n) is 9.03. The maximum absolute atomic E-state index is 12.7. The third-order valence-electron chi connectivity index (χ3n) is 4.96. The fourth-order valence-corrected chi connectivity index (χ4v) is 2.85. The summed E-state index contributed by atoms with van der Waals surface area (Å²) in [5.74, 6) is -1.58. The van der Waals surface area contributed by atoms with Crippen LogP contribution in [0, 0.1) is 5.41 Å². The van der Waals surface area contributed by atoms with Gasteiger partial charge in [0.2, 0.25) is 5.78 Å². The van der Waals surface area contributed by atoms with Crippen molar-refractivity contribution >= 4 is 23.8 Å². The summed E-state index contributed by atoms with van der Waals surface area (Å²) in [6.45, 7) is 11.5. The Kier molecular flexibility index (Phi) is 9.11. The molecule has 0 aliphatic carbocycles. The first-order valence-corrected chi connectivity index (χ1v) is 10.4. The highest BCUT2D eigenvalue weighted by molar-refractivity contribution is 6.38. The number of hydrogen-bond acceptors (Lipinski definition) is 6. The van der Waals surface area contributed by atoms with E-state index < -0.39 is 40.8 Å². The quantitative estimate of drug-likeness (QED) is 0.374. The topological polar surface area (TPSA) is 102 Å². The lowest BCUT2D eigenvalue weighted by Crippen LogP contribution is -2.53. The van der Waals surface area contributed by atoms with Crippen molar-refractivity contribution in [2.24, 2.45) is 5.41 Å². The summed E-state index contributed by atoms with van der Waals surface area (Å²) >= 11 is 0. The SMILES string of the molecule is CCC(C)(C)C(=O)C(=O)N1CCCC[C@H]1C(=O)OCCCNC(=O)OC(C)(C)C. The van der Waals surface area contributed by atoms with Crippen molar-refractivity contribution < 1.29 is 28.7 Å². The van der Waals surface area contributed by atoms with E-state index in [1.807, 2.05) is 6.92 Å². The fourth-order valence-electron chi connectivity index (χ4n) is 2.85. The molecule has 8 heteroatoms. The van der Waals surface area contributed by atoms with Gasteiger partial charge < -0.3 is 19.7 Å². The third kappa shape index (κ3) is 8.03. The molecule has 1 fully saturated rings. The molecule has 2 amide bonds. The Morgan fingerprint density at radius 2 is 1.72 bits per heavy atom. The Morgan fingerprint density at radius 1 is 1.07 bits per heavy atom. The van der Waals surface area contributed by atoms with Crippen molar-refractivity contribution in [3.63, 3.8) is 0 Å². The Balaban J connectivity index is 2.51. The molecule has 0 spiro atoms. The summed E-state index contributed by atoms with van der Waals surface area (Å²) in [7, 11) is 0. The third-order valence-corrected chi connectivity index (χ3v) is 4.96. The fraction of sp³-hybridized carbons (Fsp3) is 0.810. The molecule has 1 heterocycles. The van der Waals surface area contributed by atoms with Gasteiger partial charge in [0.1, 0.15) is 11.6 Å². The number of hydrogen-bond donors (Lipinski definition) is 1. The number of Topliss-reactive ketones (excluding diaryl/α,β-unsaturated/α-hetero) is 1. The second-order valence-corrected chi connectivity index (χ2v) is 9.03. The lowest BCUT2D eigenvalue weighted by Gasteiger charge is -2.35. The van der Waals surface area contributed by atoms with Crippen LogP contribution in [-0.2, 0) is 23.9 Å². The van der Waals surface area contributed by atoms with Crippen molar-refractivity contribution in [2.45, 2.75) is 85.3 Å². The molecule has 1 saturated heterocycles. The zero-order valence-corrected chi connectivity index (χ0v) is 18.6. The second kappa shape index (κ2) is 10.6. The van der Waals surface area contributed by atoms with Crippen LogP contribution in [0.4, 0.5) is 4.79 Å². The van der Waals surface area contributed by atoms with Gasteiger partial charge in [-0.15, -0.1) is 0 Å². The summed E-state index contributed by atoms with van der Waals surface area (Å²) < 4.78 is 10.4. The number of piperidine rings is 1. The Labute approximate surface area is 173 Å². The van der Waals surface area contributed by atoms with Crippen LogP contribution in [0.5, 0.6) is 0 Å². The number of esters is 1. The maximum Gasteiger partial charge on any atom is 0.407 e. The molecular formula is C21H36N2O6. The average Bonchev–Trinajstić information content (AvgIpc) is 2.64. The average molecular weight is 413 g/mol. The zero-order valence-electron chi connectivity index (χ0n) is 18.6. The Morgan fingerprint density at radius 3 is 2.31 bits per heavy atom. The number of nitrogens with zero attached hydrogens (tertiary/aromatic N) is 1. The van der Waals surface area contributed by atoms with Gasteiger partial charge in [0.25, 0.3) is 5.91 Å². The molecule has 0 bridgehead atoms. The van der Waals surface area contributed by atoms with Crippen molar-refractivity contribution in [1.82, 2.24) is 10.2 Å². The van der Waals surface area contributed by atoms with Crippen LogP contribution in [0.1, 0.15) is 73.6 Å². The Hall–Kier alpha value is -2.12. The highest BCUT2D eigenvalue weighted by atomic mass is 16.6. The van der Waals surface area contributed by atoms with Crippen LogP contribution in [0.3, 0.4) is 0 Å². The maximum atomic E-state index is 12.7. The largest absolute Gasteiger partial charge is 0.464 e. The number of amides is 2. The molecule has 0 radical (unpaired) electrons. The minimum absolute atomic E-state index is 0.113. The number of carbonyl (C=O) groups excluding carboxylic acids is 4. The van der Waals surface area contributed by atoms with Crippen molar-refractivity contribution in [3.05, 3.63) is 0 Å². The van der Waals surface area contributed by atoms with E-state index in [1.54, 1.807) is 34.6 Å². The molecule has 29 heavy (non-hydrogen) atoms. The van der Waals surface area contributed by atoms with E-state index >= 15 is 0 Å². The highest BCUT2D eigenvalue weighted by Crippen LogP contribution is 2.25. The first kappa shape index (κ1) is 24.9. The van der Waals surface area contributed by atoms with Gasteiger partial charge in [0.15, 0.2) is 0 Å². The molecular weight excluding hydrogens is 376 g/mol. The van der Waals surface area contributed by atoms with Gasteiger partial charge in [0.05, 0.1) is 6.61 Å². The number of nitrogens with one attached hydrogen (secondary N) is 1. The van der Waals surface area contributed by atoms with Gasteiger partial charge in [-0.1, -0.05) is 20.8 Å². The van der Waals surface area contributed by atoms with Gasteiger partial charge in [-0.25, -0.2) is 9.59 Å². The molecule has 166 valence electrons. The molecule has 1 aliphatic heterocycles. The number of rotatable bonds is 8. The van der Waals surface area contributed by atoms with Gasteiger partial charge in [-0.05, 0) is 52.9 Å². The van der Waals surface area contributed by atoms with Crippen LogP contribution in [0.15, 0.2) is 0 Å². The number of likely N-dealkylation sites (tertiary alicyclic amines) is 1. The molecule has 0 aromatic rings. The van der Waals surface area contributed by atoms with E-state index in [9.17, 15) is 19.2 Å². The zero-order chi connectivity index (χ0) is 22.2. The molecule has 0 aromatic carbocycles. The normalized spacial score (nSPS) is 17.4. The highest BCUT2D eigenvalue weighted by Gasteiger charge is 2.40. The summed E-state index contributed by atoms with van der Waals surface area (Å²) in [6, 6.07) is -0.730. The molecule has 1 atom stereocenters. The van der Waals surface area contributed by atoms with Crippen LogP contribution < -0.4 is 5.32 Å². The first-order chi connectivity index (χ1) is 13.4. The molecule has 1 aliphatic rings. The molecule has 0 saturated carbocycles. The van der Waals surface area contributed by atoms with E-state index in [0.717, 1.165) is 12.8 Å². The van der Waals surface area contributed by atoms with E-state index in [2.05, 4.69) is 5.32 Å². The lowest BCUT2D eigenvalue weighted by atomic mass is 9.84.